The first-order valence-corrected chi connectivity index (χ1v) is 9.31. The van der Waals surface area contributed by atoms with Crippen LogP contribution < -0.4 is 11.1 Å². The van der Waals surface area contributed by atoms with E-state index in [9.17, 15) is 13.2 Å². The summed E-state index contributed by atoms with van der Waals surface area (Å²) < 4.78 is 24.3. The SMILES string of the molecule is CCC(CC)(CN)C(=O)NCCS(=O)(=O)c1ccc(Cl)cc1. The van der Waals surface area contributed by atoms with Crippen LogP contribution in [0.15, 0.2) is 29.2 Å². The summed E-state index contributed by atoms with van der Waals surface area (Å²) in [4.78, 5) is 12.4. The van der Waals surface area contributed by atoms with Crippen LogP contribution in [0.25, 0.3) is 0 Å². The molecule has 0 atom stereocenters. The molecule has 0 aliphatic heterocycles. The lowest BCUT2D eigenvalue weighted by atomic mass is 9.81. The highest BCUT2D eigenvalue weighted by Gasteiger charge is 2.33. The first-order chi connectivity index (χ1) is 10.3. The molecule has 5 nitrogen and oxygen atoms in total. The summed E-state index contributed by atoms with van der Waals surface area (Å²) in [6.45, 7) is 4.11. The van der Waals surface area contributed by atoms with E-state index in [1.54, 1.807) is 0 Å². The van der Waals surface area contributed by atoms with Crippen LogP contribution in [0.3, 0.4) is 0 Å². The van der Waals surface area contributed by atoms with Crippen LogP contribution in [0.2, 0.25) is 5.02 Å². The topological polar surface area (TPSA) is 89.3 Å². The normalized spacial score (nSPS) is 12.2. The van der Waals surface area contributed by atoms with E-state index >= 15 is 0 Å². The zero-order valence-electron chi connectivity index (χ0n) is 12.9. The maximum Gasteiger partial charge on any atom is 0.227 e. The summed E-state index contributed by atoms with van der Waals surface area (Å²) >= 11 is 5.74. The van der Waals surface area contributed by atoms with Crippen LogP contribution >= 0.6 is 11.6 Å². The molecule has 0 heterocycles. The predicted molar refractivity (Wildman–Crippen MR) is 88.6 cm³/mol. The Bertz CT molecular complexity index is 587. The fourth-order valence-electron chi connectivity index (χ4n) is 2.20. The molecule has 0 fully saturated rings. The Labute approximate surface area is 137 Å². The van der Waals surface area contributed by atoms with Crippen molar-refractivity contribution in [1.29, 1.82) is 0 Å². The minimum absolute atomic E-state index is 0.0611. The number of hydrogen-bond donors (Lipinski definition) is 2. The van der Waals surface area contributed by atoms with Gasteiger partial charge in [0.25, 0.3) is 0 Å². The van der Waals surface area contributed by atoms with Crippen molar-refractivity contribution in [1.82, 2.24) is 5.32 Å². The van der Waals surface area contributed by atoms with Crippen molar-refractivity contribution in [3.8, 4) is 0 Å². The third-order valence-electron chi connectivity index (χ3n) is 4.06. The van der Waals surface area contributed by atoms with Gasteiger partial charge in [-0.2, -0.15) is 0 Å². The minimum atomic E-state index is -3.44. The van der Waals surface area contributed by atoms with Crippen LogP contribution in [0, 0.1) is 5.41 Å². The number of carbonyl (C=O) groups is 1. The van der Waals surface area contributed by atoms with Crippen LogP contribution in [0.5, 0.6) is 0 Å². The van der Waals surface area contributed by atoms with E-state index in [4.69, 9.17) is 17.3 Å². The Morgan fingerprint density at radius 3 is 2.23 bits per heavy atom. The lowest BCUT2D eigenvalue weighted by Gasteiger charge is -2.28. The van der Waals surface area contributed by atoms with Gasteiger partial charge in [0.1, 0.15) is 0 Å². The average molecular weight is 347 g/mol. The van der Waals surface area contributed by atoms with Crippen molar-refractivity contribution in [3.63, 3.8) is 0 Å². The molecule has 0 aromatic heterocycles. The monoisotopic (exact) mass is 346 g/mol. The van der Waals surface area contributed by atoms with E-state index in [1.807, 2.05) is 13.8 Å². The molecule has 0 saturated carbocycles. The number of sulfone groups is 1. The molecule has 1 amide bonds. The second kappa shape index (κ2) is 7.94. The molecule has 124 valence electrons. The molecular weight excluding hydrogens is 324 g/mol. The van der Waals surface area contributed by atoms with Gasteiger partial charge in [-0.05, 0) is 37.1 Å². The molecule has 1 aromatic rings. The smallest absolute Gasteiger partial charge is 0.227 e. The van der Waals surface area contributed by atoms with Crippen molar-refractivity contribution >= 4 is 27.3 Å². The lowest BCUT2D eigenvalue weighted by Crippen LogP contribution is -2.46. The molecule has 0 aliphatic carbocycles. The van der Waals surface area contributed by atoms with E-state index in [2.05, 4.69) is 5.32 Å². The Kier molecular flexibility index (Phi) is 6.84. The van der Waals surface area contributed by atoms with Gasteiger partial charge < -0.3 is 11.1 Å². The summed E-state index contributed by atoms with van der Waals surface area (Å²) in [7, 11) is -3.44. The number of amides is 1. The number of nitrogens with one attached hydrogen (secondary N) is 1. The Balaban J connectivity index is 2.66. The molecule has 0 unspecified atom stereocenters. The first kappa shape index (κ1) is 18.9. The van der Waals surface area contributed by atoms with E-state index in [0.29, 0.717) is 17.9 Å². The molecule has 0 aliphatic rings. The summed E-state index contributed by atoms with van der Waals surface area (Å²) in [5, 5.41) is 3.17. The quantitative estimate of drug-likeness (QED) is 0.753. The van der Waals surface area contributed by atoms with Gasteiger partial charge in [-0.25, -0.2) is 8.42 Å². The highest BCUT2D eigenvalue weighted by Crippen LogP contribution is 2.24. The molecule has 1 rings (SSSR count). The molecule has 3 N–H and O–H groups in total. The standard InChI is InChI=1S/C15H23ClN2O3S/c1-3-15(4-2,11-17)14(19)18-9-10-22(20,21)13-7-5-12(16)6-8-13/h5-8H,3-4,9-11,17H2,1-2H3,(H,18,19). The van der Waals surface area contributed by atoms with Gasteiger partial charge in [0.15, 0.2) is 9.84 Å². The number of benzene rings is 1. The van der Waals surface area contributed by atoms with Gasteiger partial charge in [-0.1, -0.05) is 25.4 Å². The molecule has 0 spiro atoms. The van der Waals surface area contributed by atoms with E-state index in [1.165, 1.54) is 24.3 Å². The van der Waals surface area contributed by atoms with Crippen molar-refractivity contribution < 1.29 is 13.2 Å². The number of nitrogens with two attached hydrogens (primary N) is 1. The van der Waals surface area contributed by atoms with Gasteiger partial charge in [0.2, 0.25) is 5.91 Å². The van der Waals surface area contributed by atoms with Crippen LogP contribution in [0.1, 0.15) is 26.7 Å². The fourth-order valence-corrected chi connectivity index (χ4v) is 3.48. The Hall–Kier alpha value is -1.11. The summed E-state index contributed by atoms with van der Waals surface area (Å²) in [5.74, 6) is -0.347. The van der Waals surface area contributed by atoms with E-state index in [-0.39, 0.29) is 29.6 Å². The highest BCUT2D eigenvalue weighted by molar-refractivity contribution is 7.91. The van der Waals surface area contributed by atoms with Crippen molar-refractivity contribution in [2.75, 3.05) is 18.8 Å². The van der Waals surface area contributed by atoms with Crippen LogP contribution in [-0.2, 0) is 14.6 Å². The number of hydrogen-bond acceptors (Lipinski definition) is 4. The molecule has 0 radical (unpaired) electrons. The fraction of sp³-hybridized carbons (Fsp3) is 0.533. The number of halogens is 1. The van der Waals surface area contributed by atoms with Gasteiger partial charge >= 0.3 is 0 Å². The Morgan fingerprint density at radius 1 is 1.23 bits per heavy atom. The van der Waals surface area contributed by atoms with Crippen molar-refractivity contribution in [3.05, 3.63) is 29.3 Å². The maximum atomic E-state index is 12.2. The summed E-state index contributed by atoms with van der Waals surface area (Å²) in [5.41, 5.74) is 5.08. The number of rotatable bonds is 8. The third-order valence-corrected chi connectivity index (χ3v) is 6.04. The lowest BCUT2D eigenvalue weighted by molar-refractivity contribution is -0.130. The summed E-state index contributed by atoms with van der Waals surface area (Å²) in [6.07, 6.45) is 1.24. The van der Waals surface area contributed by atoms with Gasteiger partial charge in [0, 0.05) is 18.1 Å². The Morgan fingerprint density at radius 2 is 1.77 bits per heavy atom. The van der Waals surface area contributed by atoms with Crippen molar-refractivity contribution in [2.24, 2.45) is 11.1 Å². The maximum absolute atomic E-state index is 12.2. The molecule has 0 bridgehead atoms. The second-order valence-corrected chi connectivity index (χ2v) is 7.77. The molecular formula is C15H23ClN2O3S. The zero-order chi connectivity index (χ0) is 16.8. The summed E-state index contributed by atoms with van der Waals surface area (Å²) in [6, 6.07) is 5.98. The largest absolute Gasteiger partial charge is 0.355 e. The second-order valence-electron chi connectivity index (χ2n) is 5.22. The van der Waals surface area contributed by atoms with Crippen molar-refractivity contribution in [2.45, 2.75) is 31.6 Å². The van der Waals surface area contributed by atoms with E-state index < -0.39 is 15.3 Å². The van der Waals surface area contributed by atoms with Gasteiger partial charge in [0.05, 0.1) is 16.1 Å². The zero-order valence-corrected chi connectivity index (χ0v) is 14.5. The van der Waals surface area contributed by atoms with E-state index in [0.717, 1.165) is 0 Å². The minimum Gasteiger partial charge on any atom is -0.355 e. The molecule has 22 heavy (non-hydrogen) atoms. The molecule has 7 heteroatoms. The average Bonchev–Trinajstić information content (AvgIpc) is 2.50. The first-order valence-electron chi connectivity index (χ1n) is 7.28. The number of carbonyl (C=O) groups excluding carboxylic acids is 1. The molecule has 0 saturated heterocycles. The van der Waals surface area contributed by atoms with Crippen LogP contribution in [0.4, 0.5) is 0 Å². The van der Waals surface area contributed by atoms with Gasteiger partial charge in [-0.3, -0.25) is 4.79 Å². The molecule has 1 aromatic carbocycles. The third kappa shape index (κ3) is 4.44. The highest BCUT2D eigenvalue weighted by atomic mass is 35.5. The van der Waals surface area contributed by atoms with Crippen LogP contribution in [-0.4, -0.2) is 33.2 Å². The van der Waals surface area contributed by atoms with Gasteiger partial charge in [-0.15, -0.1) is 0 Å². The predicted octanol–water partition coefficient (Wildman–Crippen LogP) is 1.99.